The van der Waals surface area contributed by atoms with E-state index in [9.17, 15) is 13.2 Å². The van der Waals surface area contributed by atoms with Crippen molar-refractivity contribution >= 4 is 49.0 Å². The number of hydrogen-bond acceptors (Lipinski definition) is 1. The van der Waals surface area contributed by atoms with Crippen LogP contribution in [0.1, 0.15) is 25.0 Å². The van der Waals surface area contributed by atoms with E-state index in [0.29, 0.717) is 10.9 Å². The maximum atomic E-state index is 14.0. The van der Waals surface area contributed by atoms with Gasteiger partial charge in [-0.15, -0.1) is 5.39 Å². The van der Waals surface area contributed by atoms with Crippen molar-refractivity contribution in [2.75, 3.05) is 0 Å². The molecule has 4 aromatic carbocycles. The third-order valence-corrected chi connectivity index (χ3v) is 7.53. The maximum Gasteiger partial charge on any atom is 0.420 e. The van der Waals surface area contributed by atoms with Gasteiger partial charge in [-0.1, -0.05) is 60.0 Å². The summed E-state index contributed by atoms with van der Waals surface area (Å²) in [4.78, 5) is 0. The Morgan fingerprint density at radius 1 is 0.737 bits per heavy atom. The minimum absolute atomic E-state index is 0. The Bertz CT molecular complexity index is 1960. The number of hydrogen-bond donors (Lipinski definition) is 0. The summed E-state index contributed by atoms with van der Waals surface area (Å²) in [6.07, 6.45) is -3.61. The standard InChI is InChI=1S/C31H21F3N3.Ir/c1-30(2,36-26-12-6-3-9-20(26)21-10-4-7-13-27(21)36)19-15-16-23-24(17-19)22-11-5-8-14-28(22)37-29(23)25(18-35-37)31(32,33)34;/h3-13,15-18H,1-2H3;/q-1;. The summed E-state index contributed by atoms with van der Waals surface area (Å²) in [6.45, 7) is 4.31. The number of aromatic nitrogens is 3. The van der Waals surface area contributed by atoms with Crippen LogP contribution < -0.4 is 0 Å². The summed E-state index contributed by atoms with van der Waals surface area (Å²) < 4.78 is 45.6. The van der Waals surface area contributed by atoms with Crippen LogP contribution in [0.5, 0.6) is 0 Å². The first-order valence-corrected chi connectivity index (χ1v) is 12.1. The minimum Gasteiger partial charge on any atom is -0.331 e. The van der Waals surface area contributed by atoms with Crippen LogP contribution in [-0.4, -0.2) is 14.2 Å². The van der Waals surface area contributed by atoms with Crippen molar-refractivity contribution < 1.29 is 33.3 Å². The van der Waals surface area contributed by atoms with E-state index in [2.05, 4.69) is 53.8 Å². The summed E-state index contributed by atoms with van der Waals surface area (Å²) in [5.74, 6) is 0. The van der Waals surface area contributed by atoms with Gasteiger partial charge in [-0.05, 0) is 42.4 Å². The van der Waals surface area contributed by atoms with Crippen LogP contribution in [0.25, 0.3) is 49.0 Å². The number of alkyl halides is 3. The molecule has 0 saturated heterocycles. The number of fused-ring (bicyclic) bond motifs is 9. The van der Waals surface area contributed by atoms with Crippen LogP contribution in [0.15, 0.2) is 91.1 Å². The van der Waals surface area contributed by atoms with Crippen LogP contribution in [0, 0.1) is 6.07 Å². The maximum absolute atomic E-state index is 14.0. The monoisotopic (exact) mass is 685 g/mol. The van der Waals surface area contributed by atoms with Gasteiger partial charge in [0, 0.05) is 41.9 Å². The second kappa shape index (κ2) is 8.42. The number of benzene rings is 4. The van der Waals surface area contributed by atoms with Crippen LogP contribution in [0.2, 0.25) is 0 Å². The fraction of sp³-hybridized carbons (Fsp3) is 0.129. The molecule has 0 amide bonds. The molecule has 0 aliphatic rings. The molecule has 0 bridgehead atoms. The van der Waals surface area contributed by atoms with E-state index >= 15 is 0 Å². The van der Waals surface area contributed by atoms with Gasteiger partial charge in [0.1, 0.15) is 5.56 Å². The van der Waals surface area contributed by atoms with Crippen molar-refractivity contribution in [3.63, 3.8) is 0 Å². The molecule has 0 aliphatic heterocycles. The molecular formula is C31H21F3IrN3-. The molecule has 191 valence electrons. The molecule has 1 radical (unpaired) electrons. The van der Waals surface area contributed by atoms with Crippen LogP contribution >= 0.6 is 0 Å². The molecule has 3 heterocycles. The first-order valence-electron chi connectivity index (χ1n) is 12.1. The van der Waals surface area contributed by atoms with E-state index < -0.39 is 17.3 Å². The van der Waals surface area contributed by atoms with Crippen LogP contribution in [-0.2, 0) is 31.8 Å². The summed E-state index contributed by atoms with van der Waals surface area (Å²) in [5.41, 5.74) is 2.54. The zero-order chi connectivity index (χ0) is 25.5. The van der Waals surface area contributed by atoms with Crippen molar-refractivity contribution in [1.82, 2.24) is 14.2 Å². The largest absolute Gasteiger partial charge is 0.420 e. The molecular weight excluding hydrogens is 664 g/mol. The molecule has 7 rings (SSSR count). The average molecular weight is 685 g/mol. The predicted octanol–water partition coefficient (Wildman–Crippen LogP) is 8.35. The first-order chi connectivity index (χ1) is 17.8. The zero-order valence-corrected chi connectivity index (χ0v) is 22.9. The number of nitrogens with zero attached hydrogens (tertiary/aromatic N) is 3. The number of rotatable bonds is 2. The van der Waals surface area contributed by atoms with Crippen molar-refractivity contribution in [3.8, 4) is 0 Å². The molecule has 3 aromatic heterocycles. The Labute approximate surface area is 229 Å². The third kappa shape index (κ3) is 3.35. The Kier molecular flexibility index (Phi) is 5.46. The zero-order valence-electron chi connectivity index (χ0n) is 20.5. The first kappa shape index (κ1) is 24.7. The van der Waals surface area contributed by atoms with Crippen LogP contribution in [0.4, 0.5) is 13.2 Å². The molecule has 0 aliphatic carbocycles. The van der Waals surface area contributed by atoms with Crippen molar-refractivity contribution in [2.24, 2.45) is 0 Å². The van der Waals surface area contributed by atoms with Gasteiger partial charge in [-0.25, -0.2) is 0 Å². The molecule has 7 aromatic rings. The van der Waals surface area contributed by atoms with E-state index in [1.165, 1.54) is 15.3 Å². The van der Waals surface area contributed by atoms with Crippen LogP contribution in [0.3, 0.4) is 0 Å². The predicted molar refractivity (Wildman–Crippen MR) is 142 cm³/mol. The van der Waals surface area contributed by atoms with Crippen molar-refractivity contribution in [1.29, 1.82) is 0 Å². The second-order valence-corrected chi connectivity index (χ2v) is 9.94. The summed E-state index contributed by atoms with van der Waals surface area (Å²) >= 11 is 0. The minimum atomic E-state index is -4.52. The van der Waals surface area contributed by atoms with Crippen molar-refractivity contribution in [2.45, 2.75) is 25.6 Å². The van der Waals surface area contributed by atoms with E-state index in [-0.39, 0.29) is 25.6 Å². The van der Waals surface area contributed by atoms with E-state index in [0.717, 1.165) is 33.6 Å². The molecule has 0 fully saturated rings. The number of para-hydroxylation sites is 3. The van der Waals surface area contributed by atoms with Gasteiger partial charge in [-0.2, -0.15) is 42.5 Å². The number of halogens is 3. The van der Waals surface area contributed by atoms with Gasteiger partial charge in [0.25, 0.3) is 0 Å². The quantitative estimate of drug-likeness (QED) is 0.133. The van der Waals surface area contributed by atoms with Gasteiger partial charge in [0.15, 0.2) is 0 Å². The van der Waals surface area contributed by atoms with E-state index in [4.69, 9.17) is 0 Å². The van der Waals surface area contributed by atoms with Gasteiger partial charge >= 0.3 is 6.18 Å². The summed E-state index contributed by atoms with van der Waals surface area (Å²) in [6, 6.07) is 31.0. The van der Waals surface area contributed by atoms with Gasteiger partial charge in [-0.3, -0.25) is 4.52 Å². The molecule has 0 unspecified atom stereocenters. The molecule has 3 nitrogen and oxygen atoms in total. The average Bonchev–Trinajstić information content (AvgIpc) is 3.49. The van der Waals surface area contributed by atoms with Gasteiger partial charge < -0.3 is 4.57 Å². The summed E-state index contributed by atoms with van der Waals surface area (Å²) in [7, 11) is 0. The normalized spacial score (nSPS) is 12.7. The Morgan fingerprint density at radius 2 is 1.37 bits per heavy atom. The molecule has 0 atom stereocenters. The Hall–Kier alpha value is -3.67. The SMILES string of the molecule is CC(C)(c1ccc2c(c1)c1ccc[c-]c1n1ncc(C(F)(F)F)c21)n1c2ccccc2c2ccccc21.[Ir]. The topological polar surface area (TPSA) is 22.2 Å². The second-order valence-electron chi connectivity index (χ2n) is 9.94. The van der Waals surface area contributed by atoms with E-state index in [1.807, 2.05) is 48.5 Å². The summed E-state index contributed by atoms with van der Waals surface area (Å²) in [5, 5.41) is 8.51. The number of pyridine rings is 1. The Balaban J connectivity index is 0.00000264. The van der Waals surface area contributed by atoms with Gasteiger partial charge in [0.05, 0.1) is 17.3 Å². The third-order valence-electron chi connectivity index (χ3n) is 7.53. The van der Waals surface area contributed by atoms with Gasteiger partial charge in [0.2, 0.25) is 0 Å². The van der Waals surface area contributed by atoms with E-state index in [1.54, 1.807) is 12.1 Å². The molecule has 7 heteroatoms. The fourth-order valence-corrected chi connectivity index (χ4v) is 5.81. The fourth-order valence-electron chi connectivity index (χ4n) is 5.81. The molecule has 0 spiro atoms. The van der Waals surface area contributed by atoms with Crippen molar-refractivity contribution in [3.05, 3.63) is 108 Å². The molecule has 38 heavy (non-hydrogen) atoms. The molecule has 0 N–H and O–H groups in total. The molecule has 0 saturated carbocycles. The Morgan fingerprint density at radius 3 is 2.03 bits per heavy atom. The smallest absolute Gasteiger partial charge is 0.331 e.